The Kier molecular flexibility index (Phi) is 3.54. The average Bonchev–Trinajstić information content (AvgIpc) is 2.98. The van der Waals surface area contributed by atoms with Crippen molar-refractivity contribution in [3.63, 3.8) is 0 Å². The molecular formula is C19H21NO. The lowest BCUT2D eigenvalue weighted by molar-refractivity contribution is 0.236. The second kappa shape index (κ2) is 5.36. The molecule has 0 N–H and O–H groups in total. The van der Waals surface area contributed by atoms with Crippen LogP contribution in [0.15, 0.2) is 59.6 Å². The molecule has 2 aromatic carbocycles. The minimum Gasteiger partial charge on any atom is -0.475 e. The van der Waals surface area contributed by atoms with Gasteiger partial charge in [0.2, 0.25) is 5.90 Å². The third-order valence-electron chi connectivity index (χ3n) is 3.89. The van der Waals surface area contributed by atoms with Crippen LogP contribution >= 0.6 is 0 Å². The normalized spacial score (nSPS) is 18.2. The van der Waals surface area contributed by atoms with Crippen molar-refractivity contribution >= 4 is 5.90 Å². The Labute approximate surface area is 126 Å². The van der Waals surface area contributed by atoms with Crippen LogP contribution in [0.3, 0.4) is 0 Å². The molecule has 0 unspecified atom stereocenters. The Morgan fingerprint density at radius 3 is 2.14 bits per heavy atom. The third-order valence-corrected chi connectivity index (χ3v) is 3.89. The van der Waals surface area contributed by atoms with E-state index >= 15 is 0 Å². The molecule has 0 aromatic heterocycles. The van der Waals surface area contributed by atoms with Crippen LogP contribution in [0.4, 0.5) is 0 Å². The molecule has 1 heterocycles. The SMILES string of the molecule is CC(C)(C)[C@@H]1COC(c2ccccc2-c2ccccc2)=N1. The van der Waals surface area contributed by atoms with E-state index < -0.39 is 0 Å². The van der Waals surface area contributed by atoms with Gasteiger partial charge in [-0.2, -0.15) is 0 Å². The quantitative estimate of drug-likeness (QED) is 0.790. The molecule has 1 aliphatic heterocycles. The van der Waals surface area contributed by atoms with Crippen molar-refractivity contribution in [3.8, 4) is 11.1 Å². The number of hydrogen-bond acceptors (Lipinski definition) is 2. The molecule has 2 heteroatoms. The molecule has 2 aromatic rings. The van der Waals surface area contributed by atoms with Gasteiger partial charge in [-0.1, -0.05) is 69.3 Å². The predicted molar refractivity (Wildman–Crippen MR) is 87.6 cm³/mol. The lowest BCUT2D eigenvalue weighted by Crippen LogP contribution is -2.25. The van der Waals surface area contributed by atoms with Crippen molar-refractivity contribution < 1.29 is 4.74 Å². The van der Waals surface area contributed by atoms with Crippen molar-refractivity contribution in [3.05, 3.63) is 60.2 Å². The average molecular weight is 279 g/mol. The number of ether oxygens (including phenoxy) is 1. The highest BCUT2D eigenvalue weighted by atomic mass is 16.5. The first kappa shape index (κ1) is 13.9. The molecule has 0 saturated heterocycles. The second-order valence-electron chi connectivity index (χ2n) is 6.54. The van der Waals surface area contributed by atoms with Crippen LogP contribution in [-0.4, -0.2) is 18.5 Å². The summed E-state index contributed by atoms with van der Waals surface area (Å²) in [7, 11) is 0. The minimum absolute atomic E-state index is 0.128. The Hall–Kier alpha value is -2.09. The number of hydrogen-bond donors (Lipinski definition) is 0. The van der Waals surface area contributed by atoms with Crippen LogP contribution in [0, 0.1) is 5.41 Å². The molecule has 0 aliphatic carbocycles. The van der Waals surface area contributed by atoms with Crippen LogP contribution in [0.2, 0.25) is 0 Å². The van der Waals surface area contributed by atoms with Gasteiger partial charge in [-0.05, 0) is 22.6 Å². The fourth-order valence-electron chi connectivity index (χ4n) is 2.50. The Morgan fingerprint density at radius 2 is 1.52 bits per heavy atom. The largest absolute Gasteiger partial charge is 0.475 e. The van der Waals surface area contributed by atoms with Gasteiger partial charge in [0.05, 0.1) is 6.04 Å². The molecule has 21 heavy (non-hydrogen) atoms. The van der Waals surface area contributed by atoms with Gasteiger partial charge in [-0.15, -0.1) is 0 Å². The topological polar surface area (TPSA) is 21.6 Å². The summed E-state index contributed by atoms with van der Waals surface area (Å²) >= 11 is 0. The fourth-order valence-corrected chi connectivity index (χ4v) is 2.50. The predicted octanol–water partition coefficient (Wildman–Crippen LogP) is 4.55. The summed E-state index contributed by atoms with van der Waals surface area (Å²) in [5.74, 6) is 0.773. The molecule has 1 aliphatic rings. The zero-order valence-corrected chi connectivity index (χ0v) is 12.8. The van der Waals surface area contributed by atoms with Gasteiger partial charge < -0.3 is 4.74 Å². The van der Waals surface area contributed by atoms with E-state index in [1.54, 1.807) is 0 Å². The Bertz CT molecular complexity index is 653. The van der Waals surface area contributed by atoms with Gasteiger partial charge in [-0.3, -0.25) is 0 Å². The summed E-state index contributed by atoms with van der Waals surface area (Å²) < 4.78 is 5.89. The summed E-state index contributed by atoms with van der Waals surface area (Å²) in [4.78, 5) is 4.81. The van der Waals surface area contributed by atoms with Crippen LogP contribution in [0.25, 0.3) is 11.1 Å². The molecule has 1 atom stereocenters. The monoisotopic (exact) mass is 279 g/mol. The van der Waals surface area contributed by atoms with E-state index in [-0.39, 0.29) is 11.5 Å². The standard InChI is InChI=1S/C19H21NO/c1-19(2,3)17-13-21-18(20-17)16-12-8-7-11-15(16)14-9-5-4-6-10-14/h4-12,17H,13H2,1-3H3/t17-/m0/s1. The molecule has 0 spiro atoms. The van der Waals surface area contributed by atoms with Crippen molar-refractivity contribution in [2.75, 3.05) is 6.61 Å². The van der Waals surface area contributed by atoms with Crippen LogP contribution in [0.5, 0.6) is 0 Å². The maximum atomic E-state index is 5.89. The number of benzene rings is 2. The van der Waals surface area contributed by atoms with Gasteiger partial charge >= 0.3 is 0 Å². The van der Waals surface area contributed by atoms with E-state index in [2.05, 4.69) is 63.2 Å². The number of aliphatic imine (C=N–C) groups is 1. The zero-order chi connectivity index (χ0) is 14.9. The first-order valence-electron chi connectivity index (χ1n) is 7.41. The molecule has 0 amide bonds. The highest BCUT2D eigenvalue weighted by molar-refractivity contribution is 6.01. The highest BCUT2D eigenvalue weighted by Gasteiger charge is 2.31. The van der Waals surface area contributed by atoms with Crippen molar-refractivity contribution in [2.24, 2.45) is 10.4 Å². The first-order valence-corrected chi connectivity index (χ1v) is 7.41. The molecule has 0 saturated carbocycles. The maximum absolute atomic E-state index is 5.89. The summed E-state index contributed by atoms with van der Waals surface area (Å²) in [6, 6.07) is 18.9. The summed E-state index contributed by atoms with van der Waals surface area (Å²) in [6.07, 6.45) is 0. The third kappa shape index (κ3) is 2.85. The van der Waals surface area contributed by atoms with Crippen LogP contribution in [-0.2, 0) is 4.74 Å². The van der Waals surface area contributed by atoms with E-state index in [4.69, 9.17) is 9.73 Å². The lowest BCUT2D eigenvalue weighted by atomic mass is 9.88. The molecule has 0 fully saturated rings. The second-order valence-corrected chi connectivity index (χ2v) is 6.54. The van der Waals surface area contributed by atoms with Crippen molar-refractivity contribution in [1.29, 1.82) is 0 Å². The van der Waals surface area contributed by atoms with Gasteiger partial charge in [0.25, 0.3) is 0 Å². The van der Waals surface area contributed by atoms with E-state index in [0.29, 0.717) is 6.61 Å². The van der Waals surface area contributed by atoms with Crippen LogP contribution < -0.4 is 0 Å². The van der Waals surface area contributed by atoms with Crippen molar-refractivity contribution in [1.82, 2.24) is 0 Å². The minimum atomic E-state index is 0.128. The lowest BCUT2D eigenvalue weighted by Gasteiger charge is -2.21. The van der Waals surface area contributed by atoms with Gasteiger partial charge in [0.15, 0.2) is 0 Å². The van der Waals surface area contributed by atoms with Gasteiger partial charge in [0.1, 0.15) is 6.61 Å². The number of rotatable bonds is 2. The van der Waals surface area contributed by atoms with Gasteiger partial charge in [0, 0.05) is 5.56 Å². The van der Waals surface area contributed by atoms with E-state index in [1.165, 1.54) is 11.1 Å². The van der Waals surface area contributed by atoms with E-state index in [0.717, 1.165) is 11.5 Å². The van der Waals surface area contributed by atoms with Crippen LogP contribution in [0.1, 0.15) is 26.3 Å². The van der Waals surface area contributed by atoms with Gasteiger partial charge in [-0.25, -0.2) is 4.99 Å². The molecular weight excluding hydrogens is 258 g/mol. The van der Waals surface area contributed by atoms with E-state index in [9.17, 15) is 0 Å². The highest BCUT2D eigenvalue weighted by Crippen LogP contribution is 2.30. The molecule has 3 rings (SSSR count). The Balaban J connectivity index is 2.01. The van der Waals surface area contributed by atoms with Crippen molar-refractivity contribution in [2.45, 2.75) is 26.8 Å². The smallest absolute Gasteiger partial charge is 0.217 e. The summed E-state index contributed by atoms with van der Waals surface area (Å²) in [5.41, 5.74) is 3.57. The zero-order valence-electron chi connectivity index (χ0n) is 12.8. The first-order chi connectivity index (χ1) is 10.1. The summed E-state index contributed by atoms with van der Waals surface area (Å²) in [6.45, 7) is 7.28. The molecule has 0 bridgehead atoms. The molecule has 108 valence electrons. The van der Waals surface area contributed by atoms with E-state index in [1.807, 2.05) is 12.1 Å². The fraction of sp³-hybridized carbons (Fsp3) is 0.316. The molecule has 0 radical (unpaired) electrons. The molecule has 2 nitrogen and oxygen atoms in total. The Morgan fingerprint density at radius 1 is 0.905 bits per heavy atom. The maximum Gasteiger partial charge on any atom is 0.217 e. The summed E-state index contributed by atoms with van der Waals surface area (Å²) in [5, 5.41) is 0. The number of nitrogens with zero attached hydrogens (tertiary/aromatic N) is 1.